The lowest BCUT2D eigenvalue weighted by Gasteiger charge is -2.11. The molecule has 0 heterocycles. The zero-order chi connectivity index (χ0) is 15.2. The van der Waals surface area contributed by atoms with E-state index in [0.717, 1.165) is 0 Å². The molecule has 1 atom stereocenters. The van der Waals surface area contributed by atoms with Gasteiger partial charge in [-0.15, -0.1) is 0 Å². The molecule has 0 aliphatic carbocycles. The Hall–Kier alpha value is -1.40. The van der Waals surface area contributed by atoms with Gasteiger partial charge in [-0.2, -0.15) is 0 Å². The topological polar surface area (TPSA) is 69.4 Å². The molecule has 2 N–H and O–H groups in total. The van der Waals surface area contributed by atoms with E-state index in [1.165, 1.54) is 30.3 Å². The van der Waals surface area contributed by atoms with Crippen molar-refractivity contribution in [1.29, 1.82) is 0 Å². The van der Waals surface area contributed by atoms with Gasteiger partial charge in [-0.3, -0.25) is 0 Å². The van der Waals surface area contributed by atoms with Crippen LogP contribution in [0.4, 0.5) is 4.39 Å². The number of sulfone groups is 1. The van der Waals surface area contributed by atoms with Crippen molar-refractivity contribution < 1.29 is 17.5 Å². The number of hydrogen-bond donors (Lipinski definition) is 1. The Morgan fingerprint density at radius 2 is 2.00 bits per heavy atom. The maximum atomic E-state index is 13.1. The lowest BCUT2D eigenvalue weighted by Crippen LogP contribution is -2.16. The van der Waals surface area contributed by atoms with Gasteiger partial charge in [0.15, 0.2) is 9.84 Å². The highest BCUT2D eigenvalue weighted by atomic mass is 32.2. The van der Waals surface area contributed by atoms with Gasteiger partial charge in [0.05, 0.1) is 10.1 Å². The summed E-state index contributed by atoms with van der Waals surface area (Å²) in [5, 5.41) is -0.431. The number of halogens is 1. The SMILES string of the molecule is CCC(C)S(=O)(=O)c1ccc(OC/C(F)=C\CN)cc1. The van der Waals surface area contributed by atoms with Crippen molar-refractivity contribution in [2.75, 3.05) is 13.2 Å². The molecule has 0 spiro atoms. The summed E-state index contributed by atoms with van der Waals surface area (Å²) in [7, 11) is -3.30. The van der Waals surface area contributed by atoms with Crippen LogP contribution in [0.2, 0.25) is 0 Å². The summed E-state index contributed by atoms with van der Waals surface area (Å²) >= 11 is 0. The number of hydrogen-bond acceptors (Lipinski definition) is 4. The molecule has 0 bridgehead atoms. The summed E-state index contributed by atoms with van der Waals surface area (Å²) in [6.07, 6.45) is 1.78. The Balaban J connectivity index is 2.77. The van der Waals surface area contributed by atoms with E-state index in [4.69, 9.17) is 10.5 Å². The molecule has 0 aromatic heterocycles. The Morgan fingerprint density at radius 3 is 2.50 bits per heavy atom. The van der Waals surface area contributed by atoms with Gasteiger partial charge in [-0.25, -0.2) is 12.8 Å². The van der Waals surface area contributed by atoms with Gasteiger partial charge in [0.1, 0.15) is 18.2 Å². The quantitative estimate of drug-likeness (QED) is 0.840. The molecule has 4 nitrogen and oxygen atoms in total. The second-order valence-corrected chi connectivity index (χ2v) is 6.78. The predicted molar refractivity (Wildman–Crippen MR) is 77.1 cm³/mol. The Morgan fingerprint density at radius 1 is 1.40 bits per heavy atom. The van der Waals surface area contributed by atoms with E-state index in [0.29, 0.717) is 12.2 Å². The minimum atomic E-state index is -3.30. The number of rotatable bonds is 7. The van der Waals surface area contributed by atoms with Gasteiger partial charge in [-0.1, -0.05) is 6.92 Å². The molecule has 6 heteroatoms. The monoisotopic (exact) mass is 301 g/mol. The number of benzene rings is 1. The first-order chi connectivity index (χ1) is 9.41. The fraction of sp³-hybridized carbons (Fsp3) is 0.429. The van der Waals surface area contributed by atoms with Crippen molar-refractivity contribution in [3.05, 3.63) is 36.2 Å². The van der Waals surface area contributed by atoms with E-state index in [2.05, 4.69) is 0 Å². The van der Waals surface area contributed by atoms with Crippen LogP contribution in [0.25, 0.3) is 0 Å². The van der Waals surface area contributed by atoms with Crippen molar-refractivity contribution in [3.8, 4) is 5.75 Å². The normalized spacial score (nSPS) is 14.1. The molecule has 1 aromatic rings. The Kier molecular flexibility index (Phi) is 6.16. The molecular formula is C14H20FNO3S. The summed E-state index contributed by atoms with van der Waals surface area (Å²) in [6, 6.07) is 5.98. The van der Waals surface area contributed by atoms with E-state index in [1.54, 1.807) is 6.92 Å². The minimum Gasteiger partial charge on any atom is -0.487 e. The average Bonchev–Trinajstić information content (AvgIpc) is 2.45. The van der Waals surface area contributed by atoms with Gasteiger partial charge in [0.2, 0.25) is 0 Å². The molecule has 112 valence electrons. The molecule has 0 amide bonds. The third kappa shape index (κ3) is 4.31. The van der Waals surface area contributed by atoms with Crippen LogP contribution in [0, 0.1) is 0 Å². The van der Waals surface area contributed by atoms with Crippen LogP contribution in [-0.2, 0) is 9.84 Å². The van der Waals surface area contributed by atoms with E-state index in [-0.39, 0.29) is 18.0 Å². The molecule has 0 fully saturated rings. The molecule has 1 unspecified atom stereocenters. The van der Waals surface area contributed by atoms with Gasteiger partial charge in [0.25, 0.3) is 0 Å². The maximum Gasteiger partial charge on any atom is 0.180 e. The highest BCUT2D eigenvalue weighted by Gasteiger charge is 2.21. The first kappa shape index (κ1) is 16.7. The highest BCUT2D eigenvalue weighted by molar-refractivity contribution is 7.92. The molecule has 0 radical (unpaired) electrons. The standard InChI is InChI=1S/C14H20FNO3S/c1-3-11(2)20(17,18)14-6-4-13(5-7-14)19-10-12(15)8-9-16/h4-8,11H,3,9-10,16H2,1-2H3/b12-8+. The summed E-state index contributed by atoms with van der Waals surface area (Å²) < 4.78 is 42.5. The second-order valence-electron chi connectivity index (χ2n) is 4.41. The van der Waals surface area contributed by atoms with E-state index in [1.807, 2.05) is 6.92 Å². The van der Waals surface area contributed by atoms with Crippen LogP contribution < -0.4 is 10.5 Å². The number of nitrogens with two attached hydrogens (primary N) is 1. The number of ether oxygens (including phenoxy) is 1. The van der Waals surface area contributed by atoms with E-state index < -0.39 is 20.9 Å². The van der Waals surface area contributed by atoms with Crippen LogP contribution in [0.3, 0.4) is 0 Å². The molecule has 1 aromatic carbocycles. The lowest BCUT2D eigenvalue weighted by molar-refractivity contribution is 0.318. The molecule has 1 rings (SSSR count). The van der Waals surface area contributed by atoms with Gasteiger partial charge in [-0.05, 0) is 43.7 Å². The fourth-order valence-corrected chi connectivity index (χ4v) is 2.94. The average molecular weight is 301 g/mol. The highest BCUT2D eigenvalue weighted by Crippen LogP contribution is 2.21. The summed E-state index contributed by atoms with van der Waals surface area (Å²) in [6.45, 7) is 3.40. The minimum absolute atomic E-state index is 0.112. The third-order valence-corrected chi connectivity index (χ3v) is 5.29. The van der Waals surface area contributed by atoms with Gasteiger partial charge >= 0.3 is 0 Å². The first-order valence-corrected chi connectivity index (χ1v) is 7.97. The summed E-state index contributed by atoms with van der Waals surface area (Å²) in [4.78, 5) is 0.247. The molecule has 0 aliphatic heterocycles. The van der Waals surface area contributed by atoms with Crippen molar-refractivity contribution in [3.63, 3.8) is 0 Å². The van der Waals surface area contributed by atoms with E-state index >= 15 is 0 Å². The molecule has 0 aliphatic rings. The summed E-state index contributed by atoms with van der Waals surface area (Å²) in [5.41, 5.74) is 5.17. The first-order valence-electron chi connectivity index (χ1n) is 6.43. The molecule has 0 saturated carbocycles. The Labute approximate surface area is 119 Å². The van der Waals surface area contributed by atoms with Crippen LogP contribution >= 0.6 is 0 Å². The van der Waals surface area contributed by atoms with Crippen LogP contribution in [0.1, 0.15) is 20.3 Å². The van der Waals surface area contributed by atoms with Crippen molar-refractivity contribution >= 4 is 9.84 Å². The third-order valence-electron chi connectivity index (χ3n) is 2.97. The Bertz CT molecular complexity index is 552. The predicted octanol–water partition coefficient (Wildman–Crippen LogP) is 2.45. The van der Waals surface area contributed by atoms with Gasteiger partial charge < -0.3 is 10.5 Å². The van der Waals surface area contributed by atoms with Crippen molar-refractivity contribution in [2.24, 2.45) is 5.73 Å². The van der Waals surface area contributed by atoms with Crippen LogP contribution in [0.5, 0.6) is 5.75 Å². The molecular weight excluding hydrogens is 281 g/mol. The zero-order valence-corrected chi connectivity index (χ0v) is 12.5. The van der Waals surface area contributed by atoms with E-state index in [9.17, 15) is 12.8 Å². The lowest BCUT2D eigenvalue weighted by atomic mass is 10.3. The largest absolute Gasteiger partial charge is 0.487 e. The van der Waals surface area contributed by atoms with Crippen LogP contribution in [-0.4, -0.2) is 26.8 Å². The zero-order valence-electron chi connectivity index (χ0n) is 11.7. The van der Waals surface area contributed by atoms with Crippen molar-refractivity contribution in [1.82, 2.24) is 0 Å². The van der Waals surface area contributed by atoms with Crippen LogP contribution in [0.15, 0.2) is 41.1 Å². The smallest absolute Gasteiger partial charge is 0.180 e. The maximum absolute atomic E-state index is 13.1. The molecule has 20 heavy (non-hydrogen) atoms. The van der Waals surface area contributed by atoms with Gasteiger partial charge in [0, 0.05) is 6.54 Å². The fourth-order valence-electron chi connectivity index (χ4n) is 1.52. The van der Waals surface area contributed by atoms with Crippen molar-refractivity contribution in [2.45, 2.75) is 30.4 Å². The second kappa shape index (κ2) is 7.40. The summed E-state index contributed by atoms with van der Waals surface area (Å²) in [5.74, 6) is -0.0440. The molecule has 0 saturated heterocycles.